The van der Waals surface area contributed by atoms with Gasteiger partial charge in [-0.1, -0.05) is 12.6 Å². The van der Waals surface area contributed by atoms with Gasteiger partial charge in [-0.05, 0) is 6.07 Å². The molecule has 0 atom stereocenters. The van der Waals surface area contributed by atoms with Crippen molar-refractivity contribution >= 4 is 17.2 Å². The zero-order valence-corrected chi connectivity index (χ0v) is 11.7. The molecule has 106 valence electrons. The lowest BCUT2D eigenvalue weighted by atomic mass is 10.1. The summed E-state index contributed by atoms with van der Waals surface area (Å²) in [6.45, 7) is 21.2. The molecule has 1 aliphatic carbocycles. The van der Waals surface area contributed by atoms with Crippen molar-refractivity contribution in [2.45, 2.75) is 0 Å². The third-order valence-electron chi connectivity index (χ3n) is 3.35. The van der Waals surface area contributed by atoms with Crippen LogP contribution in [-0.4, -0.2) is 15.7 Å². The Labute approximate surface area is 136 Å². The highest BCUT2D eigenvalue weighted by Crippen LogP contribution is 2.41. The van der Waals surface area contributed by atoms with Gasteiger partial charge in [-0.2, -0.15) is 17.1 Å². The molecule has 2 heterocycles. The Morgan fingerprint density at radius 1 is 0.958 bits per heavy atom. The first-order valence-electron chi connectivity index (χ1n) is 6.29. The van der Waals surface area contributed by atoms with Crippen LogP contribution >= 0.6 is 0 Å². The number of pyridine rings is 2. The van der Waals surface area contributed by atoms with Crippen molar-refractivity contribution in [1.29, 1.82) is 10.5 Å². The third kappa shape index (κ3) is 1.85. The average Bonchev–Trinajstić information content (AvgIpc) is 2.91. The van der Waals surface area contributed by atoms with E-state index in [0.717, 1.165) is 0 Å². The normalized spacial score (nSPS) is 12.0. The number of nitrogens with zero attached hydrogens (tertiary/aromatic N) is 8. The summed E-state index contributed by atoms with van der Waals surface area (Å²) in [5.74, 6) is -0.102. The minimum atomic E-state index is -0.102. The first-order valence-corrected chi connectivity index (χ1v) is 6.29. The second kappa shape index (κ2) is 5.32. The van der Waals surface area contributed by atoms with Gasteiger partial charge in [-0.25, -0.2) is 9.83 Å². The molecular weight excluding hydrogens is 304 g/mol. The highest BCUT2D eigenvalue weighted by Gasteiger charge is 2.35. The van der Waals surface area contributed by atoms with Crippen molar-refractivity contribution in [3.05, 3.63) is 69.1 Å². The molecule has 2 aromatic heterocycles. The molecule has 0 saturated carbocycles. The summed E-state index contributed by atoms with van der Waals surface area (Å²) in [4.78, 5) is 17.7. The van der Waals surface area contributed by atoms with E-state index in [1.807, 2.05) is 12.1 Å². The van der Waals surface area contributed by atoms with E-state index < -0.39 is 0 Å². The largest absolute Gasteiger partial charge is 0.371 e. The summed E-state index contributed by atoms with van der Waals surface area (Å²) in [6, 6.07) is 6.64. The van der Waals surface area contributed by atoms with Gasteiger partial charge in [0.15, 0.2) is 11.4 Å². The van der Waals surface area contributed by atoms with Gasteiger partial charge >= 0.3 is 0 Å². The van der Waals surface area contributed by atoms with Crippen LogP contribution in [0.3, 0.4) is 0 Å². The topological polar surface area (TPSA) is 98.8 Å². The lowest BCUT2D eigenvalue weighted by Gasteiger charge is -2.01. The predicted molar refractivity (Wildman–Crippen MR) is 81.7 cm³/mol. The molecule has 0 bridgehead atoms. The van der Waals surface area contributed by atoms with E-state index in [1.54, 1.807) is 0 Å². The van der Waals surface area contributed by atoms with Crippen molar-refractivity contribution in [3.63, 3.8) is 0 Å². The smallest absolute Gasteiger partial charge is 0.274 e. The Balaban J connectivity index is 2.46. The monoisotopic (exact) mass is 306 g/mol. The molecule has 0 N–H and O–H groups in total. The standard InChI is InChI=1S/C16H2N8/c1-19-11-5-10-9-4-8(6-17)12(7-18)22-13(9)15(24-21-3)14(10)23-16(11)20-2/h4-5H. The summed E-state index contributed by atoms with van der Waals surface area (Å²) in [5.41, 5.74) is 1.56. The SMILES string of the molecule is [C-]#[N+]N=C1c2nc(C#N)c(C#N)cc2-c2cc([N+]#[C-])c([N+]#[C-])nc21. The quantitative estimate of drug-likeness (QED) is 0.471. The second-order valence-corrected chi connectivity index (χ2v) is 4.50. The summed E-state index contributed by atoms with van der Waals surface area (Å²) >= 11 is 0. The Bertz CT molecular complexity index is 1070. The van der Waals surface area contributed by atoms with E-state index in [4.69, 9.17) is 30.2 Å². The summed E-state index contributed by atoms with van der Waals surface area (Å²) in [7, 11) is 0. The molecule has 3 rings (SSSR count). The fraction of sp³-hybridized carbons (Fsp3) is 0. The van der Waals surface area contributed by atoms with E-state index in [2.05, 4.69) is 29.7 Å². The maximum absolute atomic E-state index is 9.16. The molecule has 0 saturated heterocycles. The van der Waals surface area contributed by atoms with Gasteiger partial charge in [0, 0.05) is 11.1 Å². The zero-order valence-electron chi connectivity index (χ0n) is 11.7. The van der Waals surface area contributed by atoms with Gasteiger partial charge in [0.2, 0.25) is 11.4 Å². The van der Waals surface area contributed by atoms with Crippen molar-refractivity contribution in [1.82, 2.24) is 9.97 Å². The summed E-state index contributed by atoms with van der Waals surface area (Å²) in [5, 5.41) is 22.0. The van der Waals surface area contributed by atoms with Gasteiger partial charge < -0.3 is 4.85 Å². The molecule has 8 heteroatoms. The van der Waals surface area contributed by atoms with E-state index in [0.29, 0.717) is 11.1 Å². The van der Waals surface area contributed by atoms with Crippen LogP contribution in [0.25, 0.3) is 25.8 Å². The molecular formula is C16H2N8. The first-order chi connectivity index (χ1) is 11.7. The molecule has 24 heavy (non-hydrogen) atoms. The molecule has 2 aromatic rings. The predicted octanol–water partition coefficient (Wildman–Crippen LogP) is 2.97. The number of hydrogen-bond donors (Lipinski definition) is 0. The van der Waals surface area contributed by atoms with Crippen LogP contribution in [0, 0.1) is 42.4 Å². The maximum atomic E-state index is 9.16. The molecule has 0 fully saturated rings. The number of fused-ring (bicyclic) bond motifs is 3. The van der Waals surface area contributed by atoms with Crippen LogP contribution < -0.4 is 0 Å². The molecule has 0 spiro atoms. The fourth-order valence-corrected chi connectivity index (χ4v) is 2.37. The number of hydrogen-bond acceptors (Lipinski definition) is 5. The summed E-state index contributed by atoms with van der Waals surface area (Å²) in [6.07, 6.45) is 0. The number of rotatable bonds is 0. The van der Waals surface area contributed by atoms with Crippen molar-refractivity contribution in [3.8, 4) is 23.3 Å². The van der Waals surface area contributed by atoms with Crippen molar-refractivity contribution < 1.29 is 0 Å². The Hall–Kier alpha value is -4.58. The summed E-state index contributed by atoms with van der Waals surface area (Å²) < 4.78 is 0. The average molecular weight is 306 g/mol. The van der Waals surface area contributed by atoms with Crippen LogP contribution in [0.4, 0.5) is 11.5 Å². The lowest BCUT2D eigenvalue weighted by molar-refractivity contribution is 1.22. The highest BCUT2D eigenvalue weighted by molar-refractivity contribution is 6.23. The fourth-order valence-electron chi connectivity index (χ4n) is 2.37. The lowest BCUT2D eigenvalue weighted by Crippen LogP contribution is -2.04. The molecule has 0 aliphatic heterocycles. The molecule has 8 nitrogen and oxygen atoms in total. The van der Waals surface area contributed by atoms with Gasteiger partial charge in [0.25, 0.3) is 5.82 Å². The second-order valence-electron chi connectivity index (χ2n) is 4.50. The Morgan fingerprint density at radius 2 is 1.67 bits per heavy atom. The molecule has 0 aromatic carbocycles. The van der Waals surface area contributed by atoms with Gasteiger partial charge in [0.05, 0.1) is 17.2 Å². The van der Waals surface area contributed by atoms with Gasteiger partial charge in [-0.3, -0.25) is 0 Å². The number of aromatic nitrogens is 2. The van der Waals surface area contributed by atoms with Crippen molar-refractivity contribution in [2.24, 2.45) is 5.10 Å². The molecule has 1 aliphatic rings. The van der Waals surface area contributed by atoms with Gasteiger partial charge in [-0.15, -0.1) is 9.94 Å². The van der Waals surface area contributed by atoms with Gasteiger partial charge in [0.1, 0.15) is 17.8 Å². The van der Waals surface area contributed by atoms with E-state index in [1.165, 1.54) is 12.1 Å². The van der Waals surface area contributed by atoms with E-state index in [9.17, 15) is 0 Å². The van der Waals surface area contributed by atoms with E-state index in [-0.39, 0.29) is 39.9 Å². The highest BCUT2D eigenvalue weighted by atomic mass is 15.2. The van der Waals surface area contributed by atoms with Crippen molar-refractivity contribution in [2.75, 3.05) is 0 Å². The maximum Gasteiger partial charge on any atom is 0.274 e. The molecule has 0 unspecified atom stereocenters. The van der Waals surface area contributed by atoms with Crippen LogP contribution in [0.15, 0.2) is 17.2 Å². The van der Waals surface area contributed by atoms with E-state index >= 15 is 0 Å². The minimum absolute atomic E-state index is 0.0571. The number of nitriles is 2. The third-order valence-corrected chi connectivity index (χ3v) is 3.35. The zero-order chi connectivity index (χ0) is 17.3. The minimum Gasteiger partial charge on any atom is -0.371 e. The first kappa shape index (κ1) is 14.4. The van der Waals surface area contributed by atoms with Crippen LogP contribution in [-0.2, 0) is 0 Å². The Kier molecular flexibility index (Phi) is 3.18. The van der Waals surface area contributed by atoms with Crippen LogP contribution in [0.1, 0.15) is 22.6 Å². The van der Waals surface area contributed by atoms with Crippen LogP contribution in [0.5, 0.6) is 0 Å². The molecule has 0 amide bonds. The van der Waals surface area contributed by atoms with Crippen LogP contribution in [0.2, 0.25) is 0 Å². The molecule has 0 radical (unpaired) electrons. The Morgan fingerprint density at radius 3 is 2.25 bits per heavy atom.